The van der Waals surface area contributed by atoms with E-state index in [1.807, 2.05) is 0 Å². The van der Waals surface area contributed by atoms with E-state index in [2.05, 4.69) is 19.7 Å². The quantitative estimate of drug-likeness (QED) is 0.837. The van der Waals surface area contributed by atoms with Crippen molar-refractivity contribution in [1.29, 1.82) is 0 Å². The Kier molecular flexibility index (Phi) is 4.23. The molecule has 0 radical (unpaired) electrons. The molecule has 2 N–H and O–H groups in total. The zero-order valence-electron chi connectivity index (χ0n) is 12.7. The lowest BCUT2D eigenvalue weighted by atomic mass is 10.1. The summed E-state index contributed by atoms with van der Waals surface area (Å²) in [6.07, 6.45) is 0. The van der Waals surface area contributed by atoms with E-state index in [9.17, 15) is 13.2 Å². The number of carbonyl (C=O) groups excluding carboxylic acids is 1. The molecule has 0 aliphatic carbocycles. The lowest BCUT2D eigenvalue weighted by molar-refractivity contribution is 0.0600. The normalized spacial score (nSPS) is 11.3. The van der Waals surface area contributed by atoms with Gasteiger partial charge in [-0.05, 0) is 44.5 Å². The maximum Gasteiger partial charge on any atom is 0.337 e. The molecule has 2 rings (SSSR count). The highest BCUT2D eigenvalue weighted by Crippen LogP contribution is 2.23. The number of H-pyrrole nitrogens is 1. The fourth-order valence-electron chi connectivity index (χ4n) is 2.16. The molecule has 0 saturated carbocycles. The molecular weight excluding hydrogens is 306 g/mol. The fraction of sp³-hybridized carbons (Fsp3) is 0.286. The largest absolute Gasteiger partial charge is 0.465 e. The Hall–Kier alpha value is -2.35. The first kappa shape index (κ1) is 16.0. The molecule has 0 aliphatic rings. The van der Waals surface area contributed by atoms with Crippen LogP contribution in [0.25, 0.3) is 0 Å². The molecule has 0 atom stereocenters. The molecule has 0 unspecified atom stereocenters. The van der Waals surface area contributed by atoms with Gasteiger partial charge in [-0.15, -0.1) is 0 Å². The zero-order chi connectivity index (χ0) is 16.5. The molecule has 22 heavy (non-hydrogen) atoms. The van der Waals surface area contributed by atoms with Crippen molar-refractivity contribution in [3.63, 3.8) is 0 Å². The topological polar surface area (TPSA) is 101 Å². The van der Waals surface area contributed by atoms with Gasteiger partial charge in [0.2, 0.25) is 0 Å². The van der Waals surface area contributed by atoms with Crippen LogP contribution >= 0.6 is 0 Å². The van der Waals surface area contributed by atoms with Gasteiger partial charge in [0.15, 0.2) is 0 Å². The van der Waals surface area contributed by atoms with E-state index in [4.69, 9.17) is 0 Å². The summed E-state index contributed by atoms with van der Waals surface area (Å²) < 4.78 is 32.1. The van der Waals surface area contributed by atoms with Crippen molar-refractivity contribution in [2.75, 3.05) is 11.8 Å². The highest BCUT2D eigenvalue weighted by Gasteiger charge is 2.23. The molecule has 2 aromatic rings. The molecule has 1 heterocycles. The van der Waals surface area contributed by atoms with Crippen LogP contribution in [-0.4, -0.2) is 31.7 Å². The molecule has 0 spiro atoms. The number of aromatic nitrogens is 2. The van der Waals surface area contributed by atoms with Crippen molar-refractivity contribution in [3.05, 3.63) is 40.7 Å². The molecule has 8 heteroatoms. The van der Waals surface area contributed by atoms with Gasteiger partial charge in [0.25, 0.3) is 10.0 Å². The Labute approximate surface area is 128 Å². The van der Waals surface area contributed by atoms with Gasteiger partial charge in [-0.1, -0.05) is 0 Å². The molecule has 118 valence electrons. The summed E-state index contributed by atoms with van der Waals surface area (Å²) in [7, 11) is -2.46. The van der Waals surface area contributed by atoms with Crippen LogP contribution in [0.1, 0.15) is 27.3 Å². The van der Waals surface area contributed by atoms with Gasteiger partial charge in [0.05, 0.1) is 29.7 Å². The lowest BCUT2D eigenvalue weighted by Gasteiger charge is -2.11. The number of hydrogen-bond acceptors (Lipinski definition) is 5. The summed E-state index contributed by atoms with van der Waals surface area (Å²) >= 11 is 0. The Morgan fingerprint density at radius 2 is 1.95 bits per heavy atom. The van der Waals surface area contributed by atoms with Crippen LogP contribution in [0, 0.1) is 20.8 Å². The standard InChI is InChI=1S/C14H17N3O4S/c1-8-7-11(14(18)21-4)5-6-12(8)17-22(19,20)13-9(2)15-16-10(13)3/h5-7,17H,1-4H3,(H,15,16). The summed E-state index contributed by atoms with van der Waals surface area (Å²) in [5.74, 6) is -0.473. The summed E-state index contributed by atoms with van der Waals surface area (Å²) in [4.78, 5) is 11.6. The second kappa shape index (κ2) is 5.80. The molecule has 1 aromatic heterocycles. The van der Waals surface area contributed by atoms with Crippen molar-refractivity contribution in [1.82, 2.24) is 10.2 Å². The average molecular weight is 323 g/mol. The Balaban J connectivity index is 2.37. The van der Waals surface area contributed by atoms with E-state index >= 15 is 0 Å². The number of ether oxygens (including phenoxy) is 1. The highest BCUT2D eigenvalue weighted by atomic mass is 32.2. The highest BCUT2D eigenvalue weighted by molar-refractivity contribution is 7.92. The molecule has 0 aliphatic heterocycles. The molecule has 0 fully saturated rings. The van der Waals surface area contributed by atoms with Crippen LogP contribution in [0.5, 0.6) is 0 Å². The van der Waals surface area contributed by atoms with Crippen LogP contribution < -0.4 is 4.72 Å². The molecule has 7 nitrogen and oxygen atoms in total. The Bertz CT molecular complexity index is 805. The van der Waals surface area contributed by atoms with Crippen molar-refractivity contribution in [2.45, 2.75) is 25.7 Å². The number of methoxy groups -OCH3 is 1. The minimum Gasteiger partial charge on any atom is -0.465 e. The van der Waals surface area contributed by atoms with Gasteiger partial charge < -0.3 is 4.74 Å². The third-order valence-electron chi connectivity index (χ3n) is 3.22. The summed E-state index contributed by atoms with van der Waals surface area (Å²) in [5, 5.41) is 6.53. The number of aryl methyl sites for hydroxylation is 3. The fourth-order valence-corrected chi connectivity index (χ4v) is 3.66. The van der Waals surface area contributed by atoms with E-state index < -0.39 is 16.0 Å². The smallest absolute Gasteiger partial charge is 0.337 e. The van der Waals surface area contributed by atoms with E-state index in [1.165, 1.54) is 19.2 Å². The average Bonchev–Trinajstić information content (AvgIpc) is 2.80. The molecular formula is C14H17N3O4S. The number of sulfonamides is 1. The minimum absolute atomic E-state index is 0.129. The molecule has 0 bridgehead atoms. The number of anilines is 1. The number of rotatable bonds is 4. The molecule has 0 saturated heterocycles. The van der Waals surface area contributed by atoms with Crippen LogP contribution in [0.4, 0.5) is 5.69 Å². The van der Waals surface area contributed by atoms with Gasteiger partial charge in [0, 0.05) is 0 Å². The second-order valence-corrected chi connectivity index (χ2v) is 6.51. The third-order valence-corrected chi connectivity index (χ3v) is 4.85. The van der Waals surface area contributed by atoms with Crippen molar-refractivity contribution < 1.29 is 17.9 Å². The van der Waals surface area contributed by atoms with Crippen molar-refractivity contribution >= 4 is 21.7 Å². The maximum atomic E-state index is 12.5. The second-order valence-electron chi connectivity index (χ2n) is 4.89. The third kappa shape index (κ3) is 2.96. The summed E-state index contributed by atoms with van der Waals surface area (Å²) in [5.41, 5.74) is 2.24. The number of nitrogens with one attached hydrogen (secondary N) is 2. The maximum absolute atomic E-state index is 12.5. The van der Waals surface area contributed by atoms with Gasteiger partial charge in [-0.3, -0.25) is 9.82 Å². The number of hydrogen-bond donors (Lipinski definition) is 2. The first-order valence-corrected chi connectivity index (χ1v) is 7.98. The number of carbonyl (C=O) groups is 1. The van der Waals surface area contributed by atoms with E-state index in [0.717, 1.165) is 0 Å². The van der Waals surface area contributed by atoms with Crippen molar-refractivity contribution in [3.8, 4) is 0 Å². The lowest BCUT2D eigenvalue weighted by Crippen LogP contribution is -2.15. The molecule has 1 aromatic carbocycles. The van der Waals surface area contributed by atoms with Crippen molar-refractivity contribution in [2.24, 2.45) is 0 Å². The number of nitrogens with zero attached hydrogens (tertiary/aromatic N) is 1. The predicted molar refractivity (Wildman–Crippen MR) is 81.4 cm³/mol. The zero-order valence-corrected chi connectivity index (χ0v) is 13.5. The first-order chi connectivity index (χ1) is 10.3. The minimum atomic E-state index is -3.75. The Morgan fingerprint density at radius 3 is 2.45 bits per heavy atom. The van der Waals surface area contributed by atoms with Gasteiger partial charge >= 0.3 is 5.97 Å². The predicted octanol–water partition coefficient (Wildman–Crippen LogP) is 1.92. The van der Waals surface area contributed by atoms with Crippen LogP contribution in [-0.2, 0) is 14.8 Å². The van der Waals surface area contributed by atoms with Gasteiger partial charge in [-0.2, -0.15) is 5.10 Å². The van der Waals surface area contributed by atoms with Gasteiger partial charge in [0.1, 0.15) is 4.90 Å². The van der Waals surface area contributed by atoms with Crippen LogP contribution in [0.3, 0.4) is 0 Å². The van der Waals surface area contributed by atoms with Crippen LogP contribution in [0.15, 0.2) is 23.1 Å². The van der Waals surface area contributed by atoms with E-state index in [-0.39, 0.29) is 4.90 Å². The number of aromatic amines is 1. The molecule has 0 amide bonds. The number of esters is 1. The SMILES string of the molecule is COC(=O)c1ccc(NS(=O)(=O)c2c(C)n[nH]c2C)c(C)c1. The Morgan fingerprint density at radius 1 is 1.27 bits per heavy atom. The van der Waals surface area contributed by atoms with E-state index in [1.54, 1.807) is 26.8 Å². The van der Waals surface area contributed by atoms with Crippen LogP contribution in [0.2, 0.25) is 0 Å². The van der Waals surface area contributed by atoms with Gasteiger partial charge in [-0.25, -0.2) is 13.2 Å². The summed E-state index contributed by atoms with van der Waals surface area (Å²) in [6, 6.07) is 4.61. The van der Waals surface area contributed by atoms with E-state index in [0.29, 0.717) is 28.2 Å². The summed E-state index contributed by atoms with van der Waals surface area (Å²) in [6.45, 7) is 4.96. The number of benzene rings is 1. The first-order valence-electron chi connectivity index (χ1n) is 6.49. The monoisotopic (exact) mass is 323 g/mol.